The number of amides is 1. The molecule has 0 atom stereocenters. The van der Waals surface area contributed by atoms with E-state index in [1.807, 2.05) is 43.3 Å². The van der Waals surface area contributed by atoms with Crippen molar-refractivity contribution >= 4 is 27.7 Å². The third-order valence-electron chi connectivity index (χ3n) is 2.48. The van der Waals surface area contributed by atoms with Crippen LogP contribution in [0.2, 0.25) is 0 Å². The maximum atomic E-state index is 12.1. The third-order valence-corrected chi connectivity index (χ3v) is 3.17. The van der Waals surface area contributed by atoms with Gasteiger partial charge in [0.25, 0.3) is 5.91 Å². The van der Waals surface area contributed by atoms with Gasteiger partial charge in [-0.2, -0.15) is 5.10 Å². The van der Waals surface area contributed by atoms with Gasteiger partial charge in [-0.05, 0) is 42.2 Å². The summed E-state index contributed by atoms with van der Waals surface area (Å²) in [7, 11) is 3.94. The number of anilines is 1. The largest absolute Gasteiger partial charge is 0.305 e. The molecule has 0 saturated carbocycles. The van der Waals surface area contributed by atoms with Gasteiger partial charge in [0.1, 0.15) is 0 Å². The normalized spacial score (nSPS) is 10.7. The lowest BCUT2D eigenvalue weighted by atomic mass is 10.2. The van der Waals surface area contributed by atoms with Crippen molar-refractivity contribution in [2.24, 2.45) is 0 Å². The molecule has 0 fully saturated rings. The molecule has 0 unspecified atom stereocenters. The minimum atomic E-state index is -0.185. The highest BCUT2D eigenvalue weighted by molar-refractivity contribution is 9.10. The average molecular weight is 323 g/mol. The Labute approximate surface area is 120 Å². The van der Waals surface area contributed by atoms with Crippen LogP contribution in [0, 0.1) is 0 Å². The van der Waals surface area contributed by atoms with Gasteiger partial charge >= 0.3 is 0 Å². The summed E-state index contributed by atoms with van der Waals surface area (Å²) < 4.78 is 0.761. The second-order valence-corrected chi connectivity index (χ2v) is 5.30. The monoisotopic (exact) mass is 322 g/mol. The molecule has 2 rings (SSSR count). The summed E-state index contributed by atoms with van der Waals surface area (Å²) in [6, 6.07) is 9.10. The van der Waals surface area contributed by atoms with Crippen LogP contribution >= 0.6 is 15.9 Å². The van der Waals surface area contributed by atoms with E-state index in [1.165, 1.54) is 0 Å². The van der Waals surface area contributed by atoms with Crippen LogP contribution in [-0.4, -0.2) is 35.1 Å². The third kappa shape index (κ3) is 3.65. The molecule has 0 spiro atoms. The lowest BCUT2D eigenvalue weighted by molar-refractivity contribution is 0.102. The van der Waals surface area contributed by atoms with Crippen molar-refractivity contribution in [1.82, 2.24) is 15.1 Å². The van der Waals surface area contributed by atoms with Gasteiger partial charge in [0.05, 0.1) is 11.3 Å². The fourth-order valence-corrected chi connectivity index (χ4v) is 2.14. The van der Waals surface area contributed by atoms with E-state index in [2.05, 4.69) is 31.4 Å². The number of hydrogen-bond donors (Lipinski definition) is 2. The summed E-state index contributed by atoms with van der Waals surface area (Å²) in [5.41, 5.74) is 1.53. The summed E-state index contributed by atoms with van der Waals surface area (Å²) >= 11 is 3.35. The Morgan fingerprint density at radius 1 is 1.42 bits per heavy atom. The number of halogens is 1. The molecule has 0 saturated heterocycles. The lowest BCUT2D eigenvalue weighted by Gasteiger charge is -2.05. The van der Waals surface area contributed by atoms with E-state index in [0.717, 1.165) is 16.7 Å². The predicted molar refractivity (Wildman–Crippen MR) is 78.1 cm³/mol. The molecule has 1 amide bonds. The van der Waals surface area contributed by atoms with Crippen LogP contribution in [0.15, 0.2) is 34.8 Å². The van der Waals surface area contributed by atoms with E-state index >= 15 is 0 Å². The molecule has 19 heavy (non-hydrogen) atoms. The van der Waals surface area contributed by atoms with E-state index in [1.54, 1.807) is 6.07 Å². The van der Waals surface area contributed by atoms with Gasteiger partial charge in [-0.25, -0.2) is 0 Å². The molecule has 100 valence electrons. The second-order valence-electron chi connectivity index (χ2n) is 4.45. The Kier molecular flexibility index (Phi) is 4.34. The van der Waals surface area contributed by atoms with Gasteiger partial charge in [0.2, 0.25) is 0 Å². The Hall–Kier alpha value is -1.66. The SMILES string of the molecule is CN(C)Cc1cc(NC(=O)c2ccccc2Br)n[nH]1. The van der Waals surface area contributed by atoms with Gasteiger partial charge in [0.15, 0.2) is 5.82 Å². The zero-order chi connectivity index (χ0) is 13.8. The molecular formula is C13H15BrN4O. The maximum absolute atomic E-state index is 12.1. The fraction of sp³-hybridized carbons (Fsp3) is 0.231. The van der Waals surface area contributed by atoms with Crippen molar-refractivity contribution in [2.45, 2.75) is 6.54 Å². The van der Waals surface area contributed by atoms with E-state index in [4.69, 9.17) is 0 Å². The molecule has 1 aromatic heterocycles. The number of carbonyl (C=O) groups excluding carboxylic acids is 1. The molecule has 1 aromatic carbocycles. The summed E-state index contributed by atoms with van der Waals surface area (Å²) in [5.74, 6) is 0.341. The standard InChI is InChI=1S/C13H15BrN4O/c1-18(2)8-9-7-12(17-16-9)15-13(19)10-5-3-4-6-11(10)14/h3-7H,8H2,1-2H3,(H2,15,16,17,19). The number of hydrogen-bond acceptors (Lipinski definition) is 3. The molecule has 2 N–H and O–H groups in total. The number of nitrogens with one attached hydrogen (secondary N) is 2. The Morgan fingerprint density at radius 3 is 2.84 bits per heavy atom. The second kappa shape index (κ2) is 5.99. The van der Waals surface area contributed by atoms with Gasteiger partial charge in [0, 0.05) is 17.1 Å². The van der Waals surface area contributed by atoms with Crippen LogP contribution < -0.4 is 5.32 Å². The number of aromatic nitrogens is 2. The molecular weight excluding hydrogens is 308 g/mol. The van der Waals surface area contributed by atoms with Crippen LogP contribution in [0.5, 0.6) is 0 Å². The van der Waals surface area contributed by atoms with E-state index < -0.39 is 0 Å². The molecule has 1 heterocycles. The first-order valence-electron chi connectivity index (χ1n) is 5.81. The minimum Gasteiger partial charge on any atom is -0.305 e. The Morgan fingerprint density at radius 2 is 2.16 bits per heavy atom. The predicted octanol–water partition coefficient (Wildman–Crippen LogP) is 2.49. The lowest BCUT2D eigenvalue weighted by Crippen LogP contribution is -2.12. The van der Waals surface area contributed by atoms with Gasteiger partial charge in [-0.15, -0.1) is 0 Å². The molecule has 0 aliphatic heterocycles. The maximum Gasteiger partial charge on any atom is 0.258 e. The van der Waals surface area contributed by atoms with E-state index in [-0.39, 0.29) is 5.91 Å². The summed E-state index contributed by atoms with van der Waals surface area (Å²) in [5, 5.41) is 9.72. The summed E-state index contributed by atoms with van der Waals surface area (Å²) in [4.78, 5) is 14.1. The first kappa shape index (κ1) is 13.8. The zero-order valence-electron chi connectivity index (χ0n) is 10.8. The van der Waals surface area contributed by atoms with Crippen LogP contribution in [-0.2, 0) is 6.54 Å². The molecule has 6 heteroatoms. The highest BCUT2D eigenvalue weighted by atomic mass is 79.9. The van der Waals surface area contributed by atoms with Crippen LogP contribution in [0.25, 0.3) is 0 Å². The van der Waals surface area contributed by atoms with Crippen molar-refractivity contribution in [3.05, 3.63) is 46.1 Å². The Balaban J connectivity index is 2.07. The number of rotatable bonds is 4. The van der Waals surface area contributed by atoms with E-state index in [9.17, 15) is 4.79 Å². The molecule has 0 aliphatic carbocycles. The summed E-state index contributed by atoms with van der Waals surface area (Å²) in [6.07, 6.45) is 0. The first-order valence-corrected chi connectivity index (χ1v) is 6.60. The molecule has 0 bridgehead atoms. The van der Waals surface area contributed by atoms with Gasteiger partial charge in [-0.1, -0.05) is 12.1 Å². The van der Waals surface area contributed by atoms with Crippen LogP contribution in [0.4, 0.5) is 5.82 Å². The fourth-order valence-electron chi connectivity index (χ4n) is 1.68. The highest BCUT2D eigenvalue weighted by Crippen LogP contribution is 2.17. The number of carbonyl (C=O) groups is 1. The van der Waals surface area contributed by atoms with Crippen molar-refractivity contribution in [1.29, 1.82) is 0 Å². The average Bonchev–Trinajstić information content (AvgIpc) is 2.76. The number of benzene rings is 1. The van der Waals surface area contributed by atoms with Crippen molar-refractivity contribution in [3.63, 3.8) is 0 Å². The van der Waals surface area contributed by atoms with Crippen LogP contribution in [0.1, 0.15) is 16.1 Å². The molecule has 0 radical (unpaired) electrons. The number of nitrogens with zero attached hydrogens (tertiary/aromatic N) is 2. The van der Waals surface area contributed by atoms with Crippen LogP contribution in [0.3, 0.4) is 0 Å². The zero-order valence-corrected chi connectivity index (χ0v) is 12.4. The quantitative estimate of drug-likeness (QED) is 0.909. The number of aromatic amines is 1. The Bertz CT molecular complexity index is 580. The topological polar surface area (TPSA) is 61.0 Å². The summed E-state index contributed by atoms with van der Waals surface area (Å²) in [6.45, 7) is 0.748. The van der Waals surface area contributed by atoms with Crippen molar-refractivity contribution < 1.29 is 4.79 Å². The first-order chi connectivity index (χ1) is 9.06. The number of H-pyrrole nitrogens is 1. The highest BCUT2D eigenvalue weighted by Gasteiger charge is 2.11. The molecule has 5 nitrogen and oxygen atoms in total. The minimum absolute atomic E-state index is 0.185. The van der Waals surface area contributed by atoms with Gasteiger partial charge < -0.3 is 10.2 Å². The smallest absolute Gasteiger partial charge is 0.258 e. The molecule has 2 aromatic rings. The van der Waals surface area contributed by atoms with Crippen molar-refractivity contribution in [2.75, 3.05) is 19.4 Å². The van der Waals surface area contributed by atoms with E-state index in [0.29, 0.717) is 11.4 Å². The van der Waals surface area contributed by atoms with Crippen molar-refractivity contribution in [3.8, 4) is 0 Å². The molecule has 0 aliphatic rings. The van der Waals surface area contributed by atoms with Gasteiger partial charge in [-0.3, -0.25) is 9.89 Å².